The topological polar surface area (TPSA) is 87.9 Å². The summed E-state index contributed by atoms with van der Waals surface area (Å²) in [4.78, 5) is 24.5. The number of carbonyl (C=O) groups excluding carboxylic acids is 2. The highest BCUT2D eigenvalue weighted by Gasteiger charge is 2.33. The normalized spacial score (nSPS) is 22.4. The summed E-state index contributed by atoms with van der Waals surface area (Å²) in [5.74, 6) is 0.241. The Morgan fingerprint density at radius 2 is 2.00 bits per heavy atom. The molecule has 6 nitrogen and oxygen atoms in total. The Morgan fingerprint density at radius 3 is 2.63 bits per heavy atom. The number of anilines is 1. The van der Waals surface area contributed by atoms with Crippen LogP contribution in [0.15, 0.2) is 12.1 Å². The van der Waals surface area contributed by atoms with E-state index in [9.17, 15) is 9.59 Å². The third-order valence-electron chi connectivity index (χ3n) is 5.10. The summed E-state index contributed by atoms with van der Waals surface area (Å²) < 4.78 is 15.9. The Bertz CT molecular complexity index is 691. The molecule has 0 amide bonds. The van der Waals surface area contributed by atoms with E-state index in [0.29, 0.717) is 17.8 Å². The van der Waals surface area contributed by atoms with Gasteiger partial charge in [0.15, 0.2) is 6.61 Å². The summed E-state index contributed by atoms with van der Waals surface area (Å²) in [5.41, 5.74) is 6.10. The number of nitrogens with two attached hydrogens (primary N) is 1. The molecule has 1 aliphatic carbocycles. The van der Waals surface area contributed by atoms with Crippen LogP contribution in [0.1, 0.15) is 50.4 Å². The predicted molar refractivity (Wildman–Crippen MR) is 104 cm³/mol. The molecule has 150 valence electrons. The number of ether oxygens (including phenoxy) is 3. The second-order valence-corrected chi connectivity index (χ2v) is 7.91. The molecule has 27 heavy (non-hydrogen) atoms. The summed E-state index contributed by atoms with van der Waals surface area (Å²) in [6.45, 7) is 5.98. The number of benzene rings is 1. The van der Waals surface area contributed by atoms with E-state index in [2.05, 4.69) is 20.8 Å². The van der Waals surface area contributed by atoms with Gasteiger partial charge in [-0.2, -0.15) is 0 Å². The summed E-state index contributed by atoms with van der Waals surface area (Å²) in [5, 5.41) is 0.210. The van der Waals surface area contributed by atoms with Gasteiger partial charge in [0.05, 0.1) is 17.8 Å². The molecule has 0 heterocycles. The van der Waals surface area contributed by atoms with Crippen molar-refractivity contribution in [2.24, 2.45) is 17.8 Å². The highest BCUT2D eigenvalue weighted by atomic mass is 35.5. The molecule has 0 aliphatic heterocycles. The SMILES string of the molecule is COc1cc(N)c(Cl)cc1C(=O)OCC(=O)O[C@@H]1C[C@H](C)CC[C@@H]1C(C)C. The Kier molecular flexibility index (Phi) is 7.36. The van der Waals surface area contributed by atoms with Gasteiger partial charge in [0.1, 0.15) is 17.4 Å². The van der Waals surface area contributed by atoms with Gasteiger partial charge < -0.3 is 19.9 Å². The first-order chi connectivity index (χ1) is 12.7. The van der Waals surface area contributed by atoms with Crippen LogP contribution in [0.25, 0.3) is 0 Å². The van der Waals surface area contributed by atoms with Crippen molar-refractivity contribution >= 4 is 29.2 Å². The van der Waals surface area contributed by atoms with Gasteiger partial charge in [-0.25, -0.2) is 9.59 Å². The van der Waals surface area contributed by atoms with E-state index in [-0.39, 0.29) is 28.1 Å². The fourth-order valence-electron chi connectivity index (χ4n) is 3.55. The first-order valence-corrected chi connectivity index (χ1v) is 9.60. The molecular weight excluding hydrogens is 370 g/mol. The molecule has 2 N–H and O–H groups in total. The van der Waals surface area contributed by atoms with Gasteiger partial charge in [0, 0.05) is 6.07 Å². The van der Waals surface area contributed by atoms with Crippen molar-refractivity contribution in [3.8, 4) is 5.75 Å². The molecule has 1 aromatic carbocycles. The van der Waals surface area contributed by atoms with Gasteiger partial charge in [-0.3, -0.25) is 0 Å². The maximum absolute atomic E-state index is 12.3. The van der Waals surface area contributed by atoms with Crippen molar-refractivity contribution < 1.29 is 23.8 Å². The Labute approximate surface area is 165 Å². The quantitative estimate of drug-likeness (QED) is 0.574. The molecule has 1 aromatic rings. The van der Waals surface area contributed by atoms with E-state index in [1.165, 1.54) is 19.2 Å². The van der Waals surface area contributed by atoms with Crippen LogP contribution in [0.2, 0.25) is 5.02 Å². The van der Waals surface area contributed by atoms with Crippen molar-refractivity contribution in [1.29, 1.82) is 0 Å². The van der Waals surface area contributed by atoms with Gasteiger partial charge in [0.25, 0.3) is 0 Å². The Morgan fingerprint density at radius 1 is 1.30 bits per heavy atom. The largest absolute Gasteiger partial charge is 0.496 e. The molecule has 0 unspecified atom stereocenters. The number of nitrogen functional groups attached to an aromatic ring is 1. The first kappa shape index (κ1) is 21.4. The van der Waals surface area contributed by atoms with Gasteiger partial charge in [0.2, 0.25) is 0 Å². The minimum absolute atomic E-state index is 0.107. The fourth-order valence-corrected chi connectivity index (χ4v) is 3.72. The van der Waals surface area contributed by atoms with E-state index in [1.807, 2.05) is 0 Å². The van der Waals surface area contributed by atoms with Crippen LogP contribution in [0.4, 0.5) is 5.69 Å². The third-order valence-corrected chi connectivity index (χ3v) is 5.43. The summed E-state index contributed by atoms with van der Waals surface area (Å²) in [6.07, 6.45) is 2.88. The molecule has 1 aliphatic rings. The van der Waals surface area contributed by atoms with Crippen LogP contribution in [0.3, 0.4) is 0 Å². The molecule has 1 fully saturated rings. The van der Waals surface area contributed by atoms with Crippen molar-refractivity contribution in [2.45, 2.75) is 46.1 Å². The molecule has 0 radical (unpaired) electrons. The van der Waals surface area contributed by atoms with Gasteiger partial charge in [-0.05, 0) is 36.7 Å². The monoisotopic (exact) mass is 397 g/mol. The number of halogens is 1. The predicted octanol–water partition coefficient (Wildman–Crippen LogP) is 4.09. The molecule has 1 saturated carbocycles. The van der Waals surface area contributed by atoms with Crippen molar-refractivity contribution in [2.75, 3.05) is 19.5 Å². The van der Waals surface area contributed by atoms with E-state index in [4.69, 9.17) is 31.5 Å². The maximum atomic E-state index is 12.3. The Balaban J connectivity index is 1.97. The van der Waals surface area contributed by atoms with E-state index in [0.717, 1.165) is 19.3 Å². The van der Waals surface area contributed by atoms with Crippen LogP contribution in [-0.4, -0.2) is 31.8 Å². The van der Waals surface area contributed by atoms with Crippen molar-refractivity contribution in [1.82, 2.24) is 0 Å². The lowest BCUT2D eigenvalue weighted by atomic mass is 9.75. The van der Waals surface area contributed by atoms with Crippen LogP contribution in [0.5, 0.6) is 5.75 Å². The van der Waals surface area contributed by atoms with Gasteiger partial charge >= 0.3 is 11.9 Å². The smallest absolute Gasteiger partial charge is 0.344 e. The number of esters is 2. The highest BCUT2D eigenvalue weighted by molar-refractivity contribution is 6.33. The number of carbonyl (C=O) groups is 2. The standard InChI is InChI=1S/C20H28ClNO5/c1-11(2)13-6-5-12(3)7-18(13)27-19(23)10-26-20(24)14-8-15(21)16(22)9-17(14)25-4/h8-9,11-13,18H,5-7,10,22H2,1-4H3/t12-,13-,18-/m1/s1. The molecule has 0 spiro atoms. The molecule has 2 rings (SSSR count). The van der Waals surface area contributed by atoms with Crippen LogP contribution in [-0.2, 0) is 14.3 Å². The van der Waals surface area contributed by atoms with E-state index < -0.39 is 18.5 Å². The summed E-state index contributed by atoms with van der Waals surface area (Å²) in [6, 6.07) is 2.80. The zero-order valence-electron chi connectivity index (χ0n) is 16.3. The molecule has 0 saturated heterocycles. The second kappa shape index (κ2) is 9.31. The first-order valence-electron chi connectivity index (χ1n) is 9.22. The lowest BCUT2D eigenvalue weighted by Crippen LogP contribution is -2.36. The molecule has 7 heteroatoms. The summed E-state index contributed by atoms with van der Waals surface area (Å²) >= 11 is 5.96. The zero-order chi connectivity index (χ0) is 20.1. The number of methoxy groups -OCH3 is 1. The minimum atomic E-state index is -0.719. The molecule has 0 bridgehead atoms. The second-order valence-electron chi connectivity index (χ2n) is 7.50. The molecular formula is C20H28ClNO5. The highest BCUT2D eigenvalue weighted by Crippen LogP contribution is 2.35. The average Bonchev–Trinajstić information content (AvgIpc) is 2.61. The van der Waals surface area contributed by atoms with Crippen LogP contribution < -0.4 is 10.5 Å². The molecule has 3 atom stereocenters. The fraction of sp³-hybridized carbons (Fsp3) is 0.600. The van der Waals surface area contributed by atoms with Crippen molar-refractivity contribution in [3.05, 3.63) is 22.7 Å². The van der Waals surface area contributed by atoms with E-state index in [1.54, 1.807) is 0 Å². The lowest BCUT2D eigenvalue weighted by molar-refractivity contribution is -0.159. The van der Waals surface area contributed by atoms with Crippen LogP contribution >= 0.6 is 11.6 Å². The van der Waals surface area contributed by atoms with Gasteiger partial charge in [-0.1, -0.05) is 38.8 Å². The molecule has 0 aromatic heterocycles. The Hall–Kier alpha value is -1.95. The van der Waals surface area contributed by atoms with Crippen LogP contribution in [0, 0.1) is 17.8 Å². The number of hydrogen-bond acceptors (Lipinski definition) is 6. The lowest BCUT2D eigenvalue weighted by Gasteiger charge is -2.36. The van der Waals surface area contributed by atoms with E-state index >= 15 is 0 Å². The maximum Gasteiger partial charge on any atom is 0.344 e. The van der Waals surface area contributed by atoms with Crippen molar-refractivity contribution in [3.63, 3.8) is 0 Å². The number of hydrogen-bond donors (Lipinski definition) is 1. The average molecular weight is 398 g/mol. The van der Waals surface area contributed by atoms with Gasteiger partial charge in [-0.15, -0.1) is 0 Å². The minimum Gasteiger partial charge on any atom is -0.496 e. The third kappa shape index (κ3) is 5.51. The zero-order valence-corrected chi connectivity index (χ0v) is 17.0. The summed E-state index contributed by atoms with van der Waals surface area (Å²) in [7, 11) is 1.41. The number of rotatable bonds is 6.